The Morgan fingerprint density at radius 2 is 1.76 bits per heavy atom. The molecule has 1 aliphatic heterocycles. The number of anilines is 1. The number of aryl methyl sites for hydroxylation is 2. The van der Waals surface area contributed by atoms with Gasteiger partial charge in [0.2, 0.25) is 0 Å². The van der Waals surface area contributed by atoms with E-state index in [-0.39, 0.29) is 5.91 Å². The minimum atomic E-state index is 0.110. The molecule has 1 aromatic carbocycles. The highest BCUT2D eigenvalue weighted by atomic mass is 32.1. The summed E-state index contributed by atoms with van der Waals surface area (Å²) in [5.74, 6) is 1.09. The van der Waals surface area contributed by atoms with E-state index >= 15 is 0 Å². The highest BCUT2D eigenvalue weighted by molar-refractivity contribution is 7.18. The summed E-state index contributed by atoms with van der Waals surface area (Å²) in [6, 6.07) is 9.94. The van der Waals surface area contributed by atoms with Crippen LogP contribution in [-0.2, 0) is 0 Å². The first-order chi connectivity index (χ1) is 12.1. The van der Waals surface area contributed by atoms with E-state index in [9.17, 15) is 4.79 Å². The van der Waals surface area contributed by atoms with Gasteiger partial charge in [-0.15, -0.1) is 11.3 Å². The van der Waals surface area contributed by atoms with Crippen molar-refractivity contribution in [1.82, 2.24) is 14.9 Å². The molecule has 3 heterocycles. The normalized spacial score (nSPS) is 15.0. The van der Waals surface area contributed by atoms with Crippen molar-refractivity contribution >= 4 is 33.3 Å². The van der Waals surface area contributed by atoms with Gasteiger partial charge in [0.15, 0.2) is 0 Å². The van der Waals surface area contributed by atoms with Crippen LogP contribution in [-0.4, -0.2) is 47.0 Å². The van der Waals surface area contributed by atoms with Crippen LogP contribution >= 0.6 is 11.3 Å². The van der Waals surface area contributed by atoms with Crippen LogP contribution in [0.25, 0.3) is 10.2 Å². The molecule has 4 rings (SSSR count). The minimum absolute atomic E-state index is 0.110. The predicted octanol–water partition coefficient (Wildman–Crippen LogP) is 3.27. The number of aromatic nitrogens is 2. The molecule has 1 amide bonds. The molecule has 0 atom stereocenters. The second kappa shape index (κ2) is 6.44. The first-order valence-corrected chi connectivity index (χ1v) is 9.25. The largest absolute Gasteiger partial charge is 0.352 e. The maximum absolute atomic E-state index is 12.7. The molecule has 5 nitrogen and oxygen atoms in total. The zero-order valence-corrected chi connectivity index (χ0v) is 15.2. The third-order valence-corrected chi connectivity index (χ3v) is 5.56. The molecule has 3 aromatic rings. The quantitative estimate of drug-likeness (QED) is 0.710. The Labute approximate surface area is 150 Å². The first kappa shape index (κ1) is 16.0. The number of amides is 1. The molecular formula is C19H20N4OS. The zero-order valence-electron chi connectivity index (χ0n) is 14.4. The average molecular weight is 352 g/mol. The Kier molecular flexibility index (Phi) is 4.13. The minimum Gasteiger partial charge on any atom is -0.352 e. The molecule has 0 N–H and O–H groups in total. The fraction of sp³-hybridized carbons (Fsp3) is 0.316. The van der Waals surface area contributed by atoms with Crippen molar-refractivity contribution in [3.8, 4) is 0 Å². The molecule has 1 aliphatic rings. The standard InChI is InChI=1S/C19H20N4OS/c1-13-3-5-15(6-4-13)19(24)23-9-7-22(8-10-23)17-16-11-14(2)25-18(16)21-12-20-17/h3-6,11-12H,7-10H2,1-2H3. The van der Waals surface area contributed by atoms with Crippen LogP contribution in [0.5, 0.6) is 0 Å². The number of hydrogen-bond acceptors (Lipinski definition) is 5. The molecule has 0 unspecified atom stereocenters. The molecule has 0 spiro atoms. The van der Waals surface area contributed by atoms with E-state index in [1.54, 1.807) is 17.7 Å². The van der Waals surface area contributed by atoms with Gasteiger partial charge >= 0.3 is 0 Å². The van der Waals surface area contributed by atoms with Crippen molar-refractivity contribution < 1.29 is 4.79 Å². The van der Waals surface area contributed by atoms with Crippen LogP contribution in [0.3, 0.4) is 0 Å². The molecule has 128 valence electrons. The summed E-state index contributed by atoms with van der Waals surface area (Å²) in [5, 5.41) is 1.11. The van der Waals surface area contributed by atoms with Crippen molar-refractivity contribution in [2.75, 3.05) is 31.1 Å². The van der Waals surface area contributed by atoms with Gasteiger partial charge in [-0.3, -0.25) is 4.79 Å². The third-order valence-electron chi connectivity index (χ3n) is 4.60. The number of carbonyl (C=O) groups is 1. The summed E-state index contributed by atoms with van der Waals surface area (Å²) in [6.45, 7) is 7.12. The lowest BCUT2D eigenvalue weighted by Crippen LogP contribution is -2.49. The first-order valence-electron chi connectivity index (χ1n) is 8.44. The van der Waals surface area contributed by atoms with E-state index < -0.39 is 0 Å². The Bertz CT molecular complexity index is 911. The van der Waals surface area contributed by atoms with E-state index in [0.717, 1.165) is 34.7 Å². The number of hydrogen-bond donors (Lipinski definition) is 0. The highest BCUT2D eigenvalue weighted by Gasteiger charge is 2.24. The molecule has 0 saturated carbocycles. The van der Waals surface area contributed by atoms with Crippen LogP contribution in [0, 0.1) is 13.8 Å². The van der Waals surface area contributed by atoms with Crippen LogP contribution in [0.1, 0.15) is 20.8 Å². The van der Waals surface area contributed by atoms with Gasteiger partial charge in [0.25, 0.3) is 5.91 Å². The van der Waals surface area contributed by atoms with E-state index in [2.05, 4.69) is 27.9 Å². The summed E-state index contributed by atoms with van der Waals surface area (Å²) >= 11 is 1.69. The van der Waals surface area contributed by atoms with Crippen LogP contribution < -0.4 is 4.90 Å². The molecule has 0 bridgehead atoms. The number of fused-ring (bicyclic) bond motifs is 1. The number of piperazine rings is 1. The van der Waals surface area contributed by atoms with Crippen LogP contribution in [0.4, 0.5) is 5.82 Å². The van der Waals surface area contributed by atoms with E-state index in [1.165, 1.54) is 10.4 Å². The topological polar surface area (TPSA) is 49.3 Å². The molecule has 6 heteroatoms. The van der Waals surface area contributed by atoms with Gasteiger partial charge in [0.05, 0.1) is 5.39 Å². The fourth-order valence-electron chi connectivity index (χ4n) is 3.22. The number of thiophene rings is 1. The molecule has 25 heavy (non-hydrogen) atoms. The van der Waals surface area contributed by atoms with Gasteiger partial charge in [-0.25, -0.2) is 9.97 Å². The van der Waals surface area contributed by atoms with E-state index in [4.69, 9.17) is 0 Å². The van der Waals surface area contributed by atoms with Crippen molar-refractivity contribution in [1.29, 1.82) is 0 Å². The van der Waals surface area contributed by atoms with Crippen molar-refractivity contribution in [2.45, 2.75) is 13.8 Å². The van der Waals surface area contributed by atoms with E-state index in [1.807, 2.05) is 36.1 Å². The molecule has 0 aliphatic carbocycles. The number of carbonyl (C=O) groups excluding carboxylic acids is 1. The lowest BCUT2D eigenvalue weighted by Gasteiger charge is -2.35. The van der Waals surface area contributed by atoms with Crippen molar-refractivity contribution in [3.05, 3.63) is 52.7 Å². The second-order valence-electron chi connectivity index (χ2n) is 6.42. The average Bonchev–Trinajstić information content (AvgIpc) is 3.02. The van der Waals surface area contributed by atoms with Gasteiger partial charge in [-0.2, -0.15) is 0 Å². The fourth-order valence-corrected chi connectivity index (χ4v) is 4.06. The Morgan fingerprint density at radius 3 is 2.48 bits per heavy atom. The number of benzene rings is 1. The van der Waals surface area contributed by atoms with Crippen LogP contribution in [0.2, 0.25) is 0 Å². The summed E-state index contributed by atoms with van der Waals surface area (Å²) < 4.78 is 0. The summed E-state index contributed by atoms with van der Waals surface area (Å²) in [6.07, 6.45) is 1.64. The predicted molar refractivity (Wildman–Crippen MR) is 101 cm³/mol. The molecule has 1 saturated heterocycles. The molecule has 0 radical (unpaired) electrons. The summed E-state index contributed by atoms with van der Waals surface area (Å²) in [4.78, 5) is 28.0. The van der Waals surface area contributed by atoms with E-state index in [0.29, 0.717) is 13.1 Å². The maximum atomic E-state index is 12.7. The Hall–Kier alpha value is -2.47. The highest BCUT2D eigenvalue weighted by Crippen LogP contribution is 2.30. The van der Waals surface area contributed by atoms with Gasteiger partial charge in [0.1, 0.15) is 17.0 Å². The Balaban J connectivity index is 1.49. The monoisotopic (exact) mass is 352 g/mol. The zero-order chi connectivity index (χ0) is 17.4. The van der Waals surface area contributed by atoms with Gasteiger partial charge < -0.3 is 9.80 Å². The summed E-state index contributed by atoms with van der Waals surface area (Å²) in [7, 11) is 0. The van der Waals surface area contributed by atoms with Gasteiger partial charge in [-0.1, -0.05) is 17.7 Å². The van der Waals surface area contributed by atoms with Crippen molar-refractivity contribution in [2.24, 2.45) is 0 Å². The molecular weight excluding hydrogens is 332 g/mol. The van der Waals surface area contributed by atoms with Gasteiger partial charge in [-0.05, 0) is 32.0 Å². The maximum Gasteiger partial charge on any atom is 0.253 e. The second-order valence-corrected chi connectivity index (χ2v) is 7.65. The number of nitrogens with zero attached hydrogens (tertiary/aromatic N) is 4. The SMILES string of the molecule is Cc1ccc(C(=O)N2CCN(c3ncnc4sc(C)cc34)CC2)cc1. The van der Waals surface area contributed by atoms with Crippen molar-refractivity contribution in [3.63, 3.8) is 0 Å². The smallest absolute Gasteiger partial charge is 0.253 e. The molecule has 2 aromatic heterocycles. The van der Waals surface area contributed by atoms with Crippen LogP contribution in [0.15, 0.2) is 36.7 Å². The Morgan fingerprint density at radius 1 is 1.04 bits per heavy atom. The summed E-state index contributed by atoms with van der Waals surface area (Å²) in [5.41, 5.74) is 1.93. The third kappa shape index (κ3) is 3.09. The lowest BCUT2D eigenvalue weighted by atomic mass is 10.1. The molecule has 1 fully saturated rings. The van der Waals surface area contributed by atoms with Gasteiger partial charge in [0, 0.05) is 36.6 Å². The lowest BCUT2D eigenvalue weighted by molar-refractivity contribution is 0.0746. The number of rotatable bonds is 2.